The first-order valence-electron chi connectivity index (χ1n) is 5.43. The molecule has 0 unspecified atom stereocenters. The van der Waals surface area contributed by atoms with Crippen molar-refractivity contribution in [3.63, 3.8) is 0 Å². The van der Waals surface area contributed by atoms with E-state index in [0.717, 1.165) is 11.3 Å². The van der Waals surface area contributed by atoms with Crippen molar-refractivity contribution in [2.75, 3.05) is 18.5 Å². The third kappa shape index (κ3) is 2.96. The molecule has 5 heteroatoms. The molecule has 0 bridgehead atoms. The van der Waals surface area contributed by atoms with Gasteiger partial charge in [-0.25, -0.2) is 4.79 Å². The number of carbonyl (C=O) groups excluding carboxylic acids is 2. The average Bonchev–Trinajstić information content (AvgIpc) is 2.67. The minimum Gasteiger partial charge on any atom is -0.448 e. The normalized spacial score (nSPS) is 14.6. The number of nitrogens with zero attached hydrogens (tertiary/aromatic N) is 1. The summed E-state index contributed by atoms with van der Waals surface area (Å²) in [7, 11) is 0. The summed E-state index contributed by atoms with van der Waals surface area (Å²) in [6, 6.07) is 7.41. The van der Waals surface area contributed by atoms with E-state index in [2.05, 4.69) is 5.32 Å². The number of benzene rings is 1. The maximum absolute atomic E-state index is 11.2. The van der Waals surface area contributed by atoms with Crippen LogP contribution in [0.15, 0.2) is 24.3 Å². The van der Waals surface area contributed by atoms with Crippen LogP contribution in [0.5, 0.6) is 0 Å². The molecule has 1 aliphatic rings. The fourth-order valence-electron chi connectivity index (χ4n) is 1.69. The summed E-state index contributed by atoms with van der Waals surface area (Å²) < 4.78 is 4.84. The van der Waals surface area contributed by atoms with E-state index in [9.17, 15) is 9.59 Å². The first-order chi connectivity index (χ1) is 8.15. The Kier molecular flexibility index (Phi) is 3.27. The molecule has 0 atom stereocenters. The highest BCUT2D eigenvalue weighted by molar-refractivity contribution is 5.88. The molecule has 1 aromatic carbocycles. The third-order valence-corrected chi connectivity index (χ3v) is 2.49. The van der Waals surface area contributed by atoms with E-state index in [1.165, 1.54) is 6.92 Å². The Labute approximate surface area is 99.4 Å². The van der Waals surface area contributed by atoms with Gasteiger partial charge < -0.3 is 15.0 Å². The van der Waals surface area contributed by atoms with Gasteiger partial charge in [0, 0.05) is 19.2 Å². The van der Waals surface area contributed by atoms with Crippen LogP contribution < -0.4 is 5.32 Å². The smallest absolute Gasteiger partial charge is 0.410 e. The van der Waals surface area contributed by atoms with Crippen molar-refractivity contribution in [1.82, 2.24) is 4.90 Å². The lowest BCUT2D eigenvalue weighted by Gasteiger charge is -2.12. The molecule has 1 N–H and O–H groups in total. The van der Waals surface area contributed by atoms with Crippen molar-refractivity contribution in [2.24, 2.45) is 0 Å². The van der Waals surface area contributed by atoms with E-state index in [4.69, 9.17) is 4.74 Å². The van der Waals surface area contributed by atoms with Crippen molar-refractivity contribution in [2.45, 2.75) is 13.5 Å². The summed E-state index contributed by atoms with van der Waals surface area (Å²) >= 11 is 0. The van der Waals surface area contributed by atoms with Crippen molar-refractivity contribution in [3.05, 3.63) is 29.8 Å². The van der Waals surface area contributed by atoms with Crippen molar-refractivity contribution in [1.29, 1.82) is 0 Å². The van der Waals surface area contributed by atoms with E-state index < -0.39 is 0 Å². The van der Waals surface area contributed by atoms with E-state index in [1.807, 2.05) is 24.3 Å². The molecule has 0 aliphatic carbocycles. The average molecular weight is 234 g/mol. The second-order valence-electron chi connectivity index (χ2n) is 3.91. The molecule has 1 heterocycles. The number of rotatable bonds is 3. The molecule has 0 saturated carbocycles. The molecule has 5 nitrogen and oxygen atoms in total. The summed E-state index contributed by atoms with van der Waals surface area (Å²) in [6.45, 7) is 3.10. The lowest BCUT2D eigenvalue weighted by molar-refractivity contribution is -0.114. The van der Waals surface area contributed by atoms with E-state index in [1.54, 1.807) is 4.90 Å². The van der Waals surface area contributed by atoms with Crippen LogP contribution in [0.2, 0.25) is 0 Å². The van der Waals surface area contributed by atoms with Crippen molar-refractivity contribution in [3.8, 4) is 0 Å². The fraction of sp³-hybridized carbons (Fsp3) is 0.333. The molecule has 1 aromatic rings. The minimum atomic E-state index is -0.268. The highest BCUT2D eigenvalue weighted by Gasteiger charge is 2.21. The van der Waals surface area contributed by atoms with Crippen molar-refractivity contribution < 1.29 is 14.3 Å². The lowest BCUT2D eigenvalue weighted by atomic mass is 10.2. The zero-order chi connectivity index (χ0) is 12.3. The maximum Gasteiger partial charge on any atom is 0.410 e. The van der Waals surface area contributed by atoms with Gasteiger partial charge in [-0.15, -0.1) is 0 Å². The number of anilines is 1. The summed E-state index contributed by atoms with van der Waals surface area (Å²) in [5, 5.41) is 2.69. The topological polar surface area (TPSA) is 58.6 Å². The Bertz CT molecular complexity index is 428. The quantitative estimate of drug-likeness (QED) is 0.864. The number of amides is 2. The fourth-order valence-corrected chi connectivity index (χ4v) is 1.69. The second-order valence-corrected chi connectivity index (χ2v) is 3.91. The van der Waals surface area contributed by atoms with Crippen LogP contribution in [-0.4, -0.2) is 30.1 Å². The highest BCUT2D eigenvalue weighted by Crippen LogP contribution is 2.13. The summed E-state index contributed by atoms with van der Waals surface area (Å²) in [6.07, 6.45) is -0.268. The van der Waals surface area contributed by atoms with Crippen LogP contribution in [0.3, 0.4) is 0 Å². The number of hydrogen-bond donors (Lipinski definition) is 1. The molecule has 17 heavy (non-hydrogen) atoms. The third-order valence-electron chi connectivity index (χ3n) is 2.49. The summed E-state index contributed by atoms with van der Waals surface area (Å²) in [5.74, 6) is -0.0964. The standard InChI is InChI=1S/C12H14N2O3/c1-9(15)13-11-4-2-10(3-5-11)8-14-6-7-17-12(14)16/h2-5H,6-8H2,1H3,(H,13,15). The highest BCUT2D eigenvalue weighted by atomic mass is 16.6. The first kappa shape index (κ1) is 11.4. The van der Waals surface area contributed by atoms with Crippen LogP contribution >= 0.6 is 0 Å². The van der Waals surface area contributed by atoms with Gasteiger partial charge in [-0.3, -0.25) is 4.79 Å². The number of ether oxygens (including phenoxy) is 1. The van der Waals surface area contributed by atoms with E-state index in [-0.39, 0.29) is 12.0 Å². The van der Waals surface area contributed by atoms with Crippen LogP contribution in [-0.2, 0) is 16.1 Å². The maximum atomic E-state index is 11.2. The predicted molar refractivity (Wildman–Crippen MR) is 62.5 cm³/mol. The monoisotopic (exact) mass is 234 g/mol. The molecule has 1 saturated heterocycles. The molecule has 2 amide bonds. The molecular formula is C12H14N2O3. The Balaban J connectivity index is 1.98. The van der Waals surface area contributed by atoms with Crippen LogP contribution in [0.25, 0.3) is 0 Å². The van der Waals surface area contributed by atoms with Gasteiger partial charge in [0.2, 0.25) is 5.91 Å². The van der Waals surface area contributed by atoms with E-state index >= 15 is 0 Å². The summed E-state index contributed by atoms with van der Waals surface area (Å²) in [5.41, 5.74) is 1.77. The largest absolute Gasteiger partial charge is 0.448 e. The Morgan fingerprint density at radius 3 is 2.65 bits per heavy atom. The SMILES string of the molecule is CC(=O)Nc1ccc(CN2CCOC2=O)cc1. The molecule has 2 rings (SSSR count). The zero-order valence-electron chi connectivity index (χ0n) is 9.60. The first-order valence-corrected chi connectivity index (χ1v) is 5.43. The van der Waals surface area contributed by atoms with Crippen molar-refractivity contribution >= 4 is 17.7 Å². The van der Waals surface area contributed by atoms with Gasteiger partial charge in [-0.1, -0.05) is 12.1 Å². The lowest BCUT2D eigenvalue weighted by Crippen LogP contribution is -2.23. The molecule has 1 aliphatic heterocycles. The van der Waals surface area contributed by atoms with Gasteiger partial charge in [-0.2, -0.15) is 0 Å². The zero-order valence-corrected chi connectivity index (χ0v) is 9.60. The molecule has 1 fully saturated rings. The minimum absolute atomic E-state index is 0.0964. The van der Waals surface area contributed by atoms with Gasteiger partial charge in [-0.05, 0) is 17.7 Å². The van der Waals surface area contributed by atoms with Gasteiger partial charge in [0.05, 0.1) is 6.54 Å². The van der Waals surface area contributed by atoms with Crippen LogP contribution in [0.1, 0.15) is 12.5 Å². The van der Waals surface area contributed by atoms with Gasteiger partial charge in [0.15, 0.2) is 0 Å². The van der Waals surface area contributed by atoms with Gasteiger partial charge in [0.25, 0.3) is 0 Å². The van der Waals surface area contributed by atoms with Crippen LogP contribution in [0.4, 0.5) is 10.5 Å². The molecule has 0 aromatic heterocycles. The molecule has 0 radical (unpaired) electrons. The Morgan fingerprint density at radius 1 is 1.41 bits per heavy atom. The second kappa shape index (κ2) is 4.86. The molecule has 90 valence electrons. The van der Waals surface area contributed by atoms with Gasteiger partial charge in [0.1, 0.15) is 6.61 Å². The number of hydrogen-bond acceptors (Lipinski definition) is 3. The predicted octanol–water partition coefficient (Wildman–Crippen LogP) is 1.60. The molecular weight excluding hydrogens is 220 g/mol. The Hall–Kier alpha value is -2.04. The Morgan fingerprint density at radius 2 is 2.12 bits per heavy atom. The summed E-state index contributed by atoms with van der Waals surface area (Å²) in [4.78, 5) is 23.7. The number of nitrogens with one attached hydrogen (secondary N) is 1. The number of cyclic esters (lactones) is 1. The van der Waals surface area contributed by atoms with Gasteiger partial charge >= 0.3 is 6.09 Å². The van der Waals surface area contributed by atoms with E-state index in [0.29, 0.717) is 19.7 Å². The number of carbonyl (C=O) groups is 2. The van der Waals surface area contributed by atoms with Crippen LogP contribution in [0, 0.1) is 0 Å². The molecule has 0 spiro atoms.